The third-order valence-electron chi connectivity index (χ3n) is 6.63. The number of anilines is 2. The molecule has 0 saturated carbocycles. The number of para-hydroxylation sites is 1. The lowest BCUT2D eigenvalue weighted by Crippen LogP contribution is -2.40. The van der Waals surface area contributed by atoms with Crippen molar-refractivity contribution in [1.29, 1.82) is 0 Å². The summed E-state index contributed by atoms with van der Waals surface area (Å²) in [5.41, 5.74) is 3.98. The Labute approximate surface area is 227 Å². The third kappa shape index (κ3) is 6.00. The molecule has 3 heterocycles. The molecule has 8 nitrogen and oxygen atoms in total. The third-order valence-corrected chi connectivity index (χ3v) is 7.52. The van der Waals surface area contributed by atoms with Gasteiger partial charge in [0.25, 0.3) is 5.91 Å². The van der Waals surface area contributed by atoms with E-state index >= 15 is 0 Å². The number of thiazole rings is 1. The van der Waals surface area contributed by atoms with E-state index in [0.29, 0.717) is 11.6 Å². The minimum absolute atomic E-state index is 0.242. The van der Waals surface area contributed by atoms with Crippen molar-refractivity contribution in [3.63, 3.8) is 0 Å². The Bertz CT molecular complexity index is 1380. The van der Waals surface area contributed by atoms with E-state index in [4.69, 9.17) is 4.74 Å². The van der Waals surface area contributed by atoms with Gasteiger partial charge in [0.1, 0.15) is 22.2 Å². The van der Waals surface area contributed by atoms with Gasteiger partial charge < -0.3 is 19.9 Å². The van der Waals surface area contributed by atoms with Crippen molar-refractivity contribution in [2.45, 2.75) is 19.8 Å². The highest BCUT2D eigenvalue weighted by molar-refractivity contribution is 7.13. The Morgan fingerprint density at radius 1 is 1.16 bits per heavy atom. The summed E-state index contributed by atoms with van der Waals surface area (Å²) in [7, 11) is 4.24. The van der Waals surface area contributed by atoms with Crippen LogP contribution in [0.2, 0.25) is 0 Å². The topological polar surface area (TPSA) is 83.5 Å². The number of rotatable bonds is 8. The van der Waals surface area contributed by atoms with Gasteiger partial charge in [0, 0.05) is 36.1 Å². The normalized spacial score (nSPS) is 15.5. The number of nitrogens with zero attached hydrogens (tertiary/aromatic N) is 5. The summed E-state index contributed by atoms with van der Waals surface area (Å²) < 4.78 is 6.26. The smallest absolute Gasteiger partial charge is 0.275 e. The molecule has 1 atom stereocenters. The number of amides is 1. The van der Waals surface area contributed by atoms with Crippen molar-refractivity contribution in [1.82, 2.24) is 20.1 Å². The predicted octanol–water partition coefficient (Wildman–Crippen LogP) is 5.73. The summed E-state index contributed by atoms with van der Waals surface area (Å²) in [6.07, 6.45) is 5.56. The molecule has 0 aliphatic carbocycles. The molecule has 1 N–H and O–H groups in total. The summed E-state index contributed by atoms with van der Waals surface area (Å²) in [5.74, 6) is 1.87. The van der Waals surface area contributed by atoms with Crippen molar-refractivity contribution in [2.24, 2.45) is 5.92 Å². The predicted molar refractivity (Wildman–Crippen MR) is 152 cm³/mol. The van der Waals surface area contributed by atoms with Gasteiger partial charge in [-0.15, -0.1) is 11.3 Å². The van der Waals surface area contributed by atoms with E-state index in [-0.39, 0.29) is 5.91 Å². The molecule has 196 valence electrons. The fraction of sp³-hybridized carbons (Fsp3) is 0.310. The summed E-state index contributed by atoms with van der Waals surface area (Å²) in [4.78, 5) is 22.5. The van der Waals surface area contributed by atoms with Crippen molar-refractivity contribution in [3.05, 3.63) is 77.6 Å². The zero-order valence-corrected chi connectivity index (χ0v) is 22.7. The summed E-state index contributed by atoms with van der Waals surface area (Å²) in [6, 6.07) is 15.5. The van der Waals surface area contributed by atoms with Gasteiger partial charge >= 0.3 is 0 Å². The number of ether oxygens (including phenoxy) is 1. The summed E-state index contributed by atoms with van der Waals surface area (Å²) >= 11 is 1.41. The Hall–Kier alpha value is -3.82. The number of benzene rings is 2. The van der Waals surface area contributed by atoms with Crippen LogP contribution in [0, 0.1) is 12.8 Å². The van der Waals surface area contributed by atoms with E-state index in [2.05, 4.69) is 51.3 Å². The second kappa shape index (κ2) is 11.7. The molecule has 1 aliphatic heterocycles. The lowest BCUT2D eigenvalue weighted by molar-refractivity contribution is 0.102. The molecule has 1 aliphatic rings. The number of aromatic nitrogens is 3. The molecule has 5 rings (SSSR count). The van der Waals surface area contributed by atoms with Gasteiger partial charge in [-0.1, -0.05) is 18.2 Å². The van der Waals surface area contributed by atoms with Gasteiger partial charge in [0.05, 0.1) is 23.8 Å². The Morgan fingerprint density at radius 2 is 2.00 bits per heavy atom. The van der Waals surface area contributed by atoms with Crippen LogP contribution in [0.3, 0.4) is 0 Å². The van der Waals surface area contributed by atoms with Crippen LogP contribution in [0.5, 0.6) is 11.5 Å². The van der Waals surface area contributed by atoms with Crippen molar-refractivity contribution in [3.8, 4) is 22.1 Å². The highest BCUT2D eigenvalue weighted by Crippen LogP contribution is 2.40. The second-order valence-corrected chi connectivity index (χ2v) is 10.7. The molecular weight excluding hydrogens is 496 g/mol. The maximum Gasteiger partial charge on any atom is 0.275 e. The highest BCUT2D eigenvalue weighted by Gasteiger charge is 2.26. The van der Waals surface area contributed by atoms with Crippen LogP contribution in [0.1, 0.15) is 28.9 Å². The van der Waals surface area contributed by atoms with Crippen LogP contribution in [0.4, 0.5) is 11.4 Å². The molecule has 4 aromatic rings. The Balaban J connectivity index is 1.45. The quantitative estimate of drug-likeness (QED) is 0.313. The number of piperidine rings is 1. The molecule has 0 spiro atoms. The monoisotopic (exact) mass is 528 g/mol. The molecule has 9 heteroatoms. The van der Waals surface area contributed by atoms with Crippen molar-refractivity contribution < 1.29 is 9.53 Å². The van der Waals surface area contributed by atoms with Crippen LogP contribution in [-0.4, -0.2) is 59.7 Å². The van der Waals surface area contributed by atoms with E-state index in [1.165, 1.54) is 17.8 Å². The summed E-state index contributed by atoms with van der Waals surface area (Å²) in [5, 5.41) is 13.4. The van der Waals surface area contributed by atoms with Crippen LogP contribution in [-0.2, 0) is 0 Å². The number of carbonyl (C=O) groups excluding carboxylic acids is 1. The van der Waals surface area contributed by atoms with Crippen LogP contribution in [0.15, 0.2) is 66.3 Å². The molecular formula is C29H32N6O2S. The maximum absolute atomic E-state index is 13.3. The van der Waals surface area contributed by atoms with Crippen LogP contribution < -0.4 is 15.0 Å². The molecule has 0 unspecified atom stereocenters. The number of nitrogens with one attached hydrogen (secondary N) is 1. The second-order valence-electron chi connectivity index (χ2n) is 9.84. The average molecular weight is 529 g/mol. The largest absolute Gasteiger partial charge is 0.457 e. The first kappa shape index (κ1) is 25.8. The fourth-order valence-corrected chi connectivity index (χ4v) is 5.75. The molecule has 2 aromatic heterocycles. The van der Waals surface area contributed by atoms with Crippen LogP contribution >= 0.6 is 11.3 Å². The van der Waals surface area contributed by atoms with Gasteiger partial charge in [-0.2, -0.15) is 10.2 Å². The maximum atomic E-state index is 13.3. The number of carbonyl (C=O) groups is 1. The molecule has 1 fully saturated rings. The molecule has 0 bridgehead atoms. The lowest BCUT2D eigenvalue weighted by atomic mass is 9.96. The average Bonchev–Trinajstić information content (AvgIpc) is 3.42. The van der Waals surface area contributed by atoms with E-state index < -0.39 is 0 Å². The SMILES string of the molecule is Cc1c(Oc2ccccc2)ccc(NC(=O)c2csc(-c3ccnnc3)n2)c1N1CCC[C@H](CN(C)C)C1. The van der Waals surface area contributed by atoms with E-state index in [9.17, 15) is 4.79 Å². The van der Waals surface area contributed by atoms with Crippen molar-refractivity contribution in [2.75, 3.05) is 43.9 Å². The highest BCUT2D eigenvalue weighted by atomic mass is 32.1. The zero-order chi connectivity index (χ0) is 26.5. The Morgan fingerprint density at radius 3 is 2.76 bits per heavy atom. The first-order chi connectivity index (χ1) is 18.5. The molecule has 1 amide bonds. The van der Waals surface area contributed by atoms with Gasteiger partial charge in [-0.25, -0.2) is 4.98 Å². The lowest BCUT2D eigenvalue weighted by Gasteiger charge is -2.37. The fourth-order valence-electron chi connectivity index (χ4n) is 4.96. The number of hydrogen-bond acceptors (Lipinski definition) is 8. The molecule has 2 aromatic carbocycles. The zero-order valence-electron chi connectivity index (χ0n) is 21.9. The van der Waals surface area contributed by atoms with E-state index in [0.717, 1.165) is 65.1 Å². The molecule has 0 radical (unpaired) electrons. The number of hydrogen-bond donors (Lipinski definition) is 1. The minimum Gasteiger partial charge on any atom is -0.457 e. The molecule has 1 saturated heterocycles. The van der Waals surface area contributed by atoms with Gasteiger partial charge in [0.2, 0.25) is 0 Å². The Kier molecular flexibility index (Phi) is 7.95. The summed E-state index contributed by atoms with van der Waals surface area (Å²) in [6.45, 7) is 4.95. The van der Waals surface area contributed by atoms with Gasteiger partial charge in [-0.05, 0) is 70.1 Å². The first-order valence-corrected chi connectivity index (χ1v) is 13.7. The standard InChI is InChI=1S/C29H32N6O2S/c1-20-26(37-23-9-5-4-6-10-23)12-11-24(27(20)35-15-7-8-21(18-35)17-34(2)3)32-28(36)25-19-38-29(33-25)22-13-14-30-31-16-22/h4-6,9-14,16,19,21H,7-8,15,17-18H2,1-3H3,(H,32,36)/t21-/m1/s1. The first-order valence-electron chi connectivity index (χ1n) is 12.8. The molecule has 38 heavy (non-hydrogen) atoms. The van der Waals surface area contributed by atoms with Crippen molar-refractivity contribution >= 4 is 28.6 Å². The van der Waals surface area contributed by atoms with E-state index in [1.54, 1.807) is 17.8 Å². The van der Waals surface area contributed by atoms with Gasteiger partial charge in [-0.3, -0.25) is 4.79 Å². The minimum atomic E-state index is -0.242. The van der Waals surface area contributed by atoms with Crippen LogP contribution in [0.25, 0.3) is 10.6 Å². The van der Waals surface area contributed by atoms with Gasteiger partial charge in [0.15, 0.2) is 0 Å². The van der Waals surface area contributed by atoms with E-state index in [1.807, 2.05) is 48.5 Å².